The van der Waals surface area contributed by atoms with Crippen molar-refractivity contribution in [3.8, 4) is 11.5 Å². The van der Waals surface area contributed by atoms with E-state index in [2.05, 4.69) is 5.32 Å². The molecular formula is C15H19NO5. The predicted octanol–water partition coefficient (Wildman–Crippen LogP) is 1.37. The molecule has 1 heterocycles. The topological polar surface area (TPSA) is 84.9 Å². The lowest BCUT2D eigenvalue weighted by Crippen LogP contribution is -2.41. The largest absolute Gasteiger partial charge is 0.486 e. The second-order valence-corrected chi connectivity index (χ2v) is 4.90. The first-order chi connectivity index (χ1) is 10.1. The number of hydrogen-bond acceptors (Lipinski definition) is 4. The minimum Gasteiger partial charge on any atom is -0.486 e. The molecule has 1 aliphatic heterocycles. The number of ether oxygens (including phenoxy) is 2. The Morgan fingerprint density at radius 3 is 2.67 bits per heavy atom. The Hall–Kier alpha value is -2.24. The van der Waals surface area contributed by atoms with Gasteiger partial charge in [-0.3, -0.25) is 4.79 Å². The van der Waals surface area contributed by atoms with Crippen LogP contribution < -0.4 is 14.8 Å². The molecule has 0 spiro atoms. The Balaban J connectivity index is 1.97. The van der Waals surface area contributed by atoms with E-state index in [-0.39, 0.29) is 12.3 Å². The predicted molar refractivity (Wildman–Crippen MR) is 75.6 cm³/mol. The molecule has 0 aliphatic carbocycles. The van der Waals surface area contributed by atoms with Crippen molar-refractivity contribution in [3.05, 3.63) is 23.8 Å². The summed E-state index contributed by atoms with van der Waals surface area (Å²) in [6.07, 6.45) is 1.23. The molecule has 2 N–H and O–H groups in total. The molecule has 21 heavy (non-hydrogen) atoms. The van der Waals surface area contributed by atoms with Crippen LogP contribution in [0.4, 0.5) is 0 Å². The van der Waals surface area contributed by atoms with Gasteiger partial charge in [0, 0.05) is 0 Å². The molecule has 0 fully saturated rings. The first-order valence-corrected chi connectivity index (χ1v) is 7.01. The number of carbonyl (C=O) groups excluding carboxylic acids is 1. The van der Waals surface area contributed by atoms with E-state index in [4.69, 9.17) is 14.6 Å². The van der Waals surface area contributed by atoms with Crippen molar-refractivity contribution in [1.29, 1.82) is 0 Å². The number of carboxylic acid groups (broad SMARTS) is 1. The van der Waals surface area contributed by atoms with E-state index < -0.39 is 12.0 Å². The summed E-state index contributed by atoms with van der Waals surface area (Å²) in [4.78, 5) is 22.9. The third-order valence-electron chi connectivity index (χ3n) is 3.18. The van der Waals surface area contributed by atoms with Gasteiger partial charge in [0.1, 0.15) is 19.3 Å². The average molecular weight is 293 g/mol. The SMILES string of the molecule is CCCC(NC(=O)Cc1ccc2c(c1)OCCO2)C(=O)O. The smallest absolute Gasteiger partial charge is 0.326 e. The van der Waals surface area contributed by atoms with Crippen molar-refractivity contribution in [1.82, 2.24) is 5.32 Å². The first-order valence-electron chi connectivity index (χ1n) is 7.01. The maximum atomic E-state index is 11.9. The Morgan fingerprint density at radius 1 is 1.29 bits per heavy atom. The Labute approximate surface area is 123 Å². The fourth-order valence-electron chi connectivity index (χ4n) is 2.17. The summed E-state index contributed by atoms with van der Waals surface area (Å²) < 4.78 is 10.9. The summed E-state index contributed by atoms with van der Waals surface area (Å²) in [5, 5.41) is 11.6. The van der Waals surface area contributed by atoms with E-state index in [9.17, 15) is 9.59 Å². The van der Waals surface area contributed by atoms with Crippen LogP contribution in [0, 0.1) is 0 Å². The van der Waals surface area contributed by atoms with Crippen LogP contribution in [0.3, 0.4) is 0 Å². The van der Waals surface area contributed by atoms with Crippen LogP contribution in [-0.2, 0) is 16.0 Å². The van der Waals surface area contributed by atoms with Gasteiger partial charge in [-0.2, -0.15) is 0 Å². The molecule has 0 bridgehead atoms. The van der Waals surface area contributed by atoms with Crippen LogP contribution in [0.1, 0.15) is 25.3 Å². The molecule has 0 saturated heterocycles. The Bertz CT molecular complexity index is 529. The number of aliphatic carboxylic acids is 1. The fraction of sp³-hybridized carbons (Fsp3) is 0.467. The van der Waals surface area contributed by atoms with Gasteiger partial charge in [-0.15, -0.1) is 0 Å². The lowest BCUT2D eigenvalue weighted by atomic mass is 10.1. The van der Waals surface area contributed by atoms with E-state index in [0.29, 0.717) is 37.6 Å². The summed E-state index contributed by atoms with van der Waals surface area (Å²) in [6, 6.07) is 4.46. The molecule has 1 aromatic rings. The summed E-state index contributed by atoms with van der Waals surface area (Å²) >= 11 is 0. The summed E-state index contributed by atoms with van der Waals surface area (Å²) in [5.74, 6) is -0.0328. The molecule has 0 aromatic heterocycles. The molecule has 0 saturated carbocycles. The molecule has 6 nitrogen and oxygen atoms in total. The molecule has 1 aromatic carbocycles. The monoisotopic (exact) mass is 293 g/mol. The first kappa shape index (κ1) is 15.2. The molecule has 2 rings (SSSR count). The quantitative estimate of drug-likeness (QED) is 0.827. The Kier molecular flexibility index (Phi) is 5.03. The van der Waals surface area contributed by atoms with Crippen molar-refractivity contribution < 1.29 is 24.2 Å². The van der Waals surface area contributed by atoms with Crippen molar-refractivity contribution >= 4 is 11.9 Å². The van der Waals surface area contributed by atoms with E-state index in [1.807, 2.05) is 6.92 Å². The minimum atomic E-state index is -1.01. The number of amides is 1. The van der Waals surface area contributed by atoms with Gasteiger partial charge >= 0.3 is 5.97 Å². The third kappa shape index (κ3) is 4.11. The minimum absolute atomic E-state index is 0.115. The number of benzene rings is 1. The zero-order valence-corrected chi connectivity index (χ0v) is 11.9. The van der Waals surface area contributed by atoms with E-state index >= 15 is 0 Å². The van der Waals surface area contributed by atoms with Crippen molar-refractivity contribution in [3.63, 3.8) is 0 Å². The molecular weight excluding hydrogens is 274 g/mol. The maximum absolute atomic E-state index is 11.9. The lowest BCUT2D eigenvalue weighted by molar-refractivity contribution is -0.141. The van der Waals surface area contributed by atoms with Gasteiger partial charge in [-0.05, 0) is 24.1 Å². The maximum Gasteiger partial charge on any atom is 0.326 e. The van der Waals surface area contributed by atoms with E-state index in [0.717, 1.165) is 5.56 Å². The van der Waals surface area contributed by atoms with E-state index in [1.54, 1.807) is 18.2 Å². The van der Waals surface area contributed by atoms with Gasteiger partial charge in [0.05, 0.1) is 6.42 Å². The highest BCUT2D eigenvalue weighted by molar-refractivity contribution is 5.84. The van der Waals surface area contributed by atoms with Crippen LogP contribution in [-0.4, -0.2) is 36.2 Å². The van der Waals surface area contributed by atoms with Crippen LogP contribution in [0.15, 0.2) is 18.2 Å². The number of fused-ring (bicyclic) bond motifs is 1. The van der Waals surface area contributed by atoms with Crippen molar-refractivity contribution in [2.45, 2.75) is 32.2 Å². The summed E-state index contributed by atoms with van der Waals surface area (Å²) in [6.45, 7) is 2.88. The average Bonchev–Trinajstić information content (AvgIpc) is 2.46. The number of carboxylic acids is 1. The summed E-state index contributed by atoms with van der Waals surface area (Å²) in [7, 11) is 0. The molecule has 1 amide bonds. The number of rotatable bonds is 6. The third-order valence-corrected chi connectivity index (χ3v) is 3.18. The van der Waals surface area contributed by atoms with Crippen LogP contribution in [0.5, 0.6) is 11.5 Å². The molecule has 1 atom stereocenters. The van der Waals surface area contributed by atoms with E-state index in [1.165, 1.54) is 0 Å². The van der Waals surface area contributed by atoms with Crippen LogP contribution in [0.25, 0.3) is 0 Å². The zero-order chi connectivity index (χ0) is 15.2. The molecule has 1 unspecified atom stereocenters. The standard InChI is InChI=1S/C15H19NO5/c1-2-3-11(15(18)19)16-14(17)9-10-4-5-12-13(8-10)21-7-6-20-12/h4-5,8,11H,2-3,6-7,9H2,1H3,(H,16,17)(H,18,19). The highest BCUT2D eigenvalue weighted by Gasteiger charge is 2.19. The Morgan fingerprint density at radius 2 is 2.00 bits per heavy atom. The number of carbonyl (C=O) groups is 2. The molecule has 114 valence electrons. The van der Waals surface area contributed by atoms with Crippen LogP contribution >= 0.6 is 0 Å². The molecule has 0 radical (unpaired) electrons. The fourth-order valence-corrected chi connectivity index (χ4v) is 2.17. The van der Waals surface area contributed by atoms with Gasteiger partial charge in [-0.1, -0.05) is 19.4 Å². The van der Waals surface area contributed by atoms with Gasteiger partial charge in [-0.25, -0.2) is 4.79 Å². The van der Waals surface area contributed by atoms with Crippen molar-refractivity contribution in [2.24, 2.45) is 0 Å². The van der Waals surface area contributed by atoms with Crippen molar-refractivity contribution in [2.75, 3.05) is 13.2 Å². The lowest BCUT2D eigenvalue weighted by Gasteiger charge is -2.19. The summed E-state index contributed by atoms with van der Waals surface area (Å²) in [5.41, 5.74) is 0.761. The molecule has 1 aliphatic rings. The van der Waals surface area contributed by atoms with Gasteiger partial charge in [0.15, 0.2) is 11.5 Å². The second kappa shape index (κ2) is 6.97. The zero-order valence-electron chi connectivity index (χ0n) is 11.9. The highest BCUT2D eigenvalue weighted by Crippen LogP contribution is 2.30. The van der Waals surface area contributed by atoms with Gasteiger partial charge in [0.25, 0.3) is 0 Å². The number of hydrogen-bond donors (Lipinski definition) is 2. The van der Waals surface area contributed by atoms with Crippen LogP contribution in [0.2, 0.25) is 0 Å². The second-order valence-electron chi connectivity index (χ2n) is 4.90. The normalized spacial score (nSPS) is 14.3. The molecule has 6 heteroatoms. The van der Waals surface area contributed by atoms with Gasteiger partial charge in [0.2, 0.25) is 5.91 Å². The number of nitrogens with one attached hydrogen (secondary N) is 1. The van der Waals surface area contributed by atoms with Gasteiger partial charge < -0.3 is 19.9 Å². The highest BCUT2D eigenvalue weighted by atomic mass is 16.6.